The van der Waals surface area contributed by atoms with Crippen LogP contribution in [0, 0.1) is 17.8 Å². The van der Waals surface area contributed by atoms with Crippen molar-refractivity contribution in [3.8, 4) is 0 Å². The van der Waals surface area contributed by atoms with Crippen LogP contribution in [0.3, 0.4) is 0 Å². The number of sulfonamides is 1. The van der Waals surface area contributed by atoms with E-state index in [1.54, 1.807) is 0 Å². The van der Waals surface area contributed by atoms with Crippen molar-refractivity contribution < 1.29 is 8.42 Å². The molecule has 0 unspecified atom stereocenters. The molecule has 4 nitrogen and oxygen atoms in total. The minimum absolute atomic E-state index is 0.240. The lowest BCUT2D eigenvalue weighted by molar-refractivity contribution is 0.289. The standard InChI is InChI=1S/C15H34N2O2S/c1-6-9-16-10-7-8-11-20(18,19)17-12-15(13(2)3)14(4)5/h13-17H,6-12H2,1-5H3. The second kappa shape index (κ2) is 10.6. The fourth-order valence-corrected chi connectivity index (χ4v) is 3.56. The molecule has 0 aromatic carbocycles. The average molecular weight is 307 g/mol. The maximum Gasteiger partial charge on any atom is 0.211 e. The Labute approximate surface area is 126 Å². The Bertz CT molecular complexity index is 319. The van der Waals surface area contributed by atoms with Crippen molar-refractivity contribution in [3.05, 3.63) is 0 Å². The predicted molar refractivity (Wildman–Crippen MR) is 87.4 cm³/mol. The summed E-state index contributed by atoms with van der Waals surface area (Å²) in [6, 6.07) is 0. The minimum Gasteiger partial charge on any atom is -0.317 e. The van der Waals surface area contributed by atoms with E-state index in [0.29, 0.717) is 24.3 Å². The molecule has 0 aliphatic rings. The van der Waals surface area contributed by atoms with Gasteiger partial charge in [-0.2, -0.15) is 0 Å². The van der Waals surface area contributed by atoms with Crippen molar-refractivity contribution in [2.24, 2.45) is 17.8 Å². The van der Waals surface area contributed by atoms with Crippen LogP contribution in [0.2, 0.25) is 0 Å². The molecule has 5 heteroatoms. The second-order valence-electron chi connectivity index (χ2n) is 6.28. The van der Waals surface area contributed by atoms with Gasteiger partial charge >= 0.3 is 0 Å². The smallest absolute Gasteiger partial charge is 0.211 e. The third-order valence-corrected chi connectivity index (χ3v) is 5.13. The highest BCUT2D eigenvalue weighted by molar-refractivity contribution is 7.89. The molecule has 0 aliphatic heterocycles. The average Bonchev–Trinajstić information content (AvgIpc) is 2.32. The number of nitrogens with one attached hydrogen (secondary N) is 2. The molecule has 0 amide bonds. The Hall–Kier alpha value is -0.130. The van der Waals surface area contributed by atoms with Gasteiger partial charge in [0.1, 0.15) is 0 Å². The highest BCUT2D eigenvalue weighted by Crippen LogP contribution is 2.19. The van der Waals surface area contributed by atoms with E-state index in [0.717, 1.165) is 32.4 Å². The molecule has 0 saturated heterocycles. The van der Waals surface area contributed by atoms with E-state index in [4.69, 9.17) is 0 Å². The van der Waals surface area contributed by atoms with E-state index in [-0.39, 0.29) is 5.75 Å². The summed E-state index contributed by atoms with van der Waals surface area (Å²) in [6.07, 6.45) is 2.75. The van der Waals surface area contributed by atoms with Gasteiger partial charge in [0, 0.05) is 6.54 Å². The van der Waals surface area contributed by atoms with Crippen LogP contribution in [-0.4, -0.2) is 33.8 Å². The zero-order valence-corrected chi connectivity index (χ0v) is 14.7. The lowest BCUT2D eigenvalue weighted by Crippen LogP contribution is -2.35. The van der Waals surface area contributed by atoms with Crippen molar-refractivity contribution >= 4 is 10.0 Å². The minimum atomic E-state index is -3.11. The Morgan fingerprint density at radius 2 is 1.55 bits per heavy atom. The molecule has 0 rings (SSSR count). The topological polar surface area (TPSA) is 58.2 Å². The molecule has 0 aliphatic carbocycles. The second-order valence-corrected chi connectivity index (χ2v) is 8.20. The lowest BCUT2D eigenvalue weighted by atomic mass is 9.86. The first-order valence-electron chi connectivity index (χ1n) is 7.98. The molecule has 0 fully saturated rings. The molecule has 0 bridgehead atoms. The first-order chi connectivity index (χ1) is 9.30. The zero-order valence-electron chi connectivity index (χ0n) is 13.9. The lowest BCUT2D eigenvalue weighted by Gasteiger charge is -2.25. The fourth-order valence-electron chi connectivity index (χ4n) is 2.38. The molecule has 2 N–H and O–H groups in total. The highest BCUT2D eigenvalue weighted by Gasteiger charge is 2.20. The third-order valence-electron chi connectivity index (χ3n) is 3.69. The van der Waals surface area contributed by atoms with E-state index < -0.39 is 10.0 Å². The first-order valence-corrected chi connectivity index (χ1v) is 9.63. The molecular weight excluding hydrogens is 272 g/mol. The van der Waals surface area contributed by atoms with Crippen molar-refractivity contribution in [2.75, 3.05) is 25.4 Å². The Morgan fingerprint density at radius 1 is 0.950 bits per heavy atom. The molecule has 0 saturated carbocycles. The van der Waals surface area contributed by atoms with Crippen LogP contribution in [0.4, 0.5) is 0 Å². The quantitative estimate of drug-likeness (QED) is 0.545. The highest BCUT2D eigenvalue weighted by atomic mass is 32.2. The largest absolute Gasteiger partial charge is 0.317 e. The van der Waals surface area contributed by atoms with Crippen LogP contribution in [0.15, 0.2) is 0 Å². The van der Waals surface area contributed by atoms with Gasteiger partial charge in [-0.15, -0.1) is 0 Å². The van der Waals surface area contributed by atoms with Crippen LogP contribution >= 0.6 is 0 Å². The van der Waals surface area contributed by atoms with Gasteiger partial charge in [0.05, 0.1) is 5.75 Å². The summed E-state index contributed by atoms with van der Waals surface area (Å²) in [7, 11) is -3.11. The summed E-state index contributed by atoms with van der Waals surface area (Å²) in [6.45, 7) is 13.2. The van der Waals surface area contributed by atoms with Crippen molar-refractivity contribution in [2.45, 2.75) is 53.9 Å². The number of hydrogen-bond acceptors (Lipinski definition) is 3. The summed E-state index contributed by atoms with van der Waals surface area (Å²) < 4.78 is 26.7. The van der Waals surface area contributed by atoms with E-state index in [9.17, 15) is 8.42 Å². The van der Waals surface area contributed by atoms with E-state index in [2.05, 4.69) is 44.7 Å². The molecule has 20 heavy (non-hydrogen) atoms. The maximum atomic E-state index is 11.9. The molecule has 0 atom stereocenters. The SMILES string of the molecule is CCCNCCCCS(=O)(=O)NCC(C(C)C)C(C)C. The molecule has 0 aromatic rings. The number of unbranched alkanes of at least 4 members (excludes halogenated alkanes) is 1. The van der Waals surface area contributed by atoms with Gasteiger partial charge < -0.3 is 5.32 Å². The van der Waals surface area contributed by atoms with Gasteiger partial charge in [-0.05, 0) is 50.1 Å². The molecular formula is C15H34N2O2S. The molecule has 0 aromatic heterocycles. The Balaban J connectivity index is 3.95. The van der Waals surface area contributed by atoms with E-state index in [1.165, 1.54) is 0 Å². The maximum absolute atomic E-state index is 11.9. The van der Waals surface area contributed by atoms with Gasteiger partial charge in [-0.1, -0.05) is 34.6 Å². The predicted octanol–water partition coefficient (Wildman–Crippen LogP) is 2.61. The fraction of sp³-hybridized carbons (Fsp3) is 1.00. The van der Waals surface area contributed by atoms with Gasteiger partial charge in [-0.3, -0.25) is 0 Å². The summed E-state index contributed by atoms with van der Waals surface area (Å²) in [5, 5.41) is 3.29. The van der Waals surface area contributed by atoms with Gasteiger partial charge in [-0.25, -0.2) is 13.1 Å². The van der Waals surface area contributed by atoms with Gasteiger partial charge in [0.2, 0.25) is 10.0 Å². The summed E-state index contributed by atoms with van der Waals surface area (Å²) in [5.74, 6) is 1.63. The van der Waals surface area contributed by atoms with Gasteiger partial charge in [0.25, 0.3) is 0 Å². The van der Waals surface area contributed by atoms with Crippen LogP contribution in [0.5, 0.6) is 0 Å². The molecule has 122 valence electrons. The van der Waals surface area contributed by atoms with Crippen LogP contribution in [0.25, 0.3) is 0 Å². The van der Waals surface area contributed by atoms with Gasteiger partial charge in [0.15, 0.2) is 0 Å². The van der Waals surface area contributed by atoms with Crippen LogP contribution in [-0.2, 0) is 10.0 Å². The summed E-state index contributed by atoms with van der Waals surface area (Å²) in [4.78, 5) is 0. The van der Waals surface area contributed by atoms with Crippen LogP contribution in [0.1, 0.15) is 53.9 Å². The van der Waals surface area contributed by atoms with Crippen molar-refractivity contribution in [3.63, 3.8) is 0 Å². The first kappa shape index (κ1) is 19.9. The number of hydrogen-bond donors (Lipinski definition) is 2. The zero-order chi connectivity index (χ0) is 15.6. The summed E-state index contributed by atoms with van der Waals surface area (Å²) in [5.41, 5.74) is 0. The Kier molecular flexibility index (Phi) is 10.5. The monoisotopic (exact) mass is 306 g/mol. The number of rotatable bonds is 12. The Morgan fingerprint density at radius 3 is 2.05 bits per heavy atom. The normalized spacial score (nSPS) is 12.8. The van der Waals surface area contributed by atoms with Crippen molar-refractivity contribution in [1.82, 2.24) is 10.0 Å². The summed E-state index contributed by atoms with van der Waals surface area (Å²) >= 11 is 0. The van der Waals surface area contributed by atoms with Crippen molar-refractivity contribution in [1.29, 1.82) is 0 Å². The van der Waals surface area contributed by atoms with E-state index >= 15 is 0 Å². The molecule has 0 radical (unpaired) electrons. The van der Waals surface area contributed by atoms with Crippen LogP contribution < -0.4 is 10.0 Å². The third kappa shape index (κ3) is 9.72. The van der Waals surface area contributed by atoms with E-state index in [1.807, 2.05) is 0 Å². The molecule has 0 spiro atoms. The molecule has 0 heterocycles.